The normalized spacial score (nSPS) is 20.2. The van der Waals surface area contributed by atoms with Crippen molar-refractivity contribution in [3.05, 3.63) is 42.0 Å². The number of hydrogen-bond donors (Lipinski definition) is 1. The van der Waals surface area contributed by atoms with Crippen LogP contribution in [0.25, 0.3) is 5.57 Å². The molecule has 2 nitrogen and oxygen atoms in total. The quantitative estimate of drug-likeness (QED) is 0.841. The molecule has 2 rings (SSSR count). The first kappa shape index (κ1) is 10.9. The topological polar surface area (TPSA) is 37.3 Å². The van der Waals surface area contributed by atoms with Gasteiger partial charge in [0.15, 0.2) is 0 Å². The maximum Gasteiger partial charge on any atom is 0.303 e. The highest BCUT2D eigenvalue weighted by molar-refractivity contribution is 5.70. The summed E-state index contributed by atoms with van der Waals surface area (Å²) in [4.78, 5) is 10.7. The second-order valence-corrected chi connectivity index (χ2v) is 4.34. The summed E-state index contributed by atoms with van der Waals surface area (Å²) in [7, 11) is 0. The van der Waals surface area contributed by atoms with Gasteiger partial charge in [0.2, 0.25) is 0 Å². The number of rotatable bonds is 3. The Hall–Kier alpha value is -1.57. The molecule has 16 heavy (non-hydrogen) atoms. The Labute approximate surface area is 95.6 Å². The zero-order valence-corrected chi connectivity index (χ0v) is 9.23. The molecule has 1 aromatic carbocycles. The van der Waals surface area contributed by atoms with Crippen molar-refractivity contribution in [1.82, 2.24) is 0 Å². The van der Waals surface area contributed by atoms with E-state index in [0.717, 1.165) is 19.3 Å². The fourth-order valence-corrected chi connectivity index (χ4v) is 2.30. The Balaban J connectivity index is 2.07. The zero-order valence-electron chi connectivity index (χ0n) is 9.23. The first-order chi connectivity index (χ1) is 7.75. The smallest absolute Gasteiger partial charge is 0.303 e. The standard InChI is InChI=1S/C14H16O2/c15-14(16)10-11-5-4-8-13(9-11)12-6-2-1-3-7-12/h1-3,6-8,11H,4-5,9-10H2,(H,15,16). The van der Waals surface area contributed by atoms with E-state index in [1.165, 1.54) is 11.1 Å². The average molecular weight is 216 g/mol. The molecule has 0 aromatic heterocycles. The van der Waals surface area contributed by atoms with Crippen LogP contribution in [0.5, 0.6) is 0 Å². The molecule has 2 heteroatoms. The van der Waals surface area contributed by atoms with Crippen LogP contribution >= 0.6 is 0 Å². The van der Waals surface area contributed by atoms with Gasteiger partial charge in [0.25, 0.3) is 0 Å². The summed E-state index contributed by atoms with van der Waals surface area (Å²) < 4.78 is 0. The van der Waals surface area contributed by atoms with Crippen molar-refractivity contribution in [2.24, 2.45) is 5.92 Å². The molecule has 0 bridgehead atoms. The van der Waals surface area contributed by atoms with Crippen molar-refractivity contribution in [3.8, 4) is 0 Å². The number of carboxylic acid groups (broad SMARTS) is 1. The first-order valence-corrected chi connectivity index (χ1v) is 5.72. The molecule has 0 fully saturated rings. The van der Waals surface area contributed by atoms with E-state index in [-0.39, 0.29) is 0 Å². The molecule has 1 aromatic rings. The minimum absolute atomic E-state index is 0.296. The van der Waals surface area contributed by atoms with Crippen molar-refractivity contribution in [2.75, 3.05) is 0 Å². The van der Waals surface area contributed by atoms with Gasteiger partial charge in [0.1, 0.15) is 0 Å². The Morgan fingerprint density at radius 3 is 2.75 bits per heavy atom. The molecule has 0 spiro atoms. The number of carboxylic acids is 1. The highest BCUT2D eigenvalue weighted by Crippen LogP contribution is 2.32. The summed E-state index contributed by atoms with van der Waals surface area (Å²) in [6.07, 6.45) is 5.44. The van der Waals surface area contributed by atoms with Gasteiger partial charge in [0, 0.05) is 6.42 Å². The van der Waals surface area contributed by atoms with E-state index in [0.29, 0.717) is 12.3 Å². The number of hydrogen-bond acceptors (Lipinski definition) is 1. The molecule has 0 saturated carbocycles. The van der Waals surface area contributed by atoms with E-state index in [2.05, 4.69) is 18.2 Å². The van der Waals surface area contributed by atoms with Crippen LogP contribution in [0, 0.1) is 5.92 Å². The predicted molar refractivity (Wildman–Crippen MR) is 64.0 cm³/mol. The molecule has 0 aliphatic heterocycles. The van der Waals surface area contributed by atoms with Gasteiger partial charge in [0.05, 0.1) is 0 Å². The Bertz CT molecular complexity index is 392. The van der Waals surface area contributed by atoms with Gasteiger partial charge in [-0.15, -0.1) is 0 Å². The van der Waals surface area contributed by atoms with E-state index in [1.807, 2.05) is 18.2 Å². The molecule has 1 aliphatic rings. The fraction of sp³-hybridized carbons (Fsp3) is 0.357. The maximum atomic E-state index is 10.7. The summed E-state index contributed by atoms with van der Waals surface area (Å²) >= 11 is 0. The van der Waals surface area contributed by atoms with Crippen LogP contribution in [-0.2, 0) is 4.79 Å². The van der Waals surface area contributed by atoms with Gasteiger partial charge in [-0.05, 0) is 36.3 Å². The number of benzene rings is 1. The molecule has 1 unspecified atom stereocenters. The van der Waals surface area contributed by atoms with E-state index < -0.39 is 5.97 Å². The van der Waals surface area contributed by atoms with Crippen LogP contribution in [0.3, 0.4) is 0 Å². The summed E-state index contributed by atoms with van der Waals surface area (Å²) in [5.74, 6) is -0.378. The number of allylic oxidation sites excluding steroid dienone is 2. The first-order valence-electron chi connectivity index (χ1n) is 5.72. The molecular formula is C14H16O2. The summed E-state index contributed by atoms with van der Waals surface area (Å²) in [5, 5.41) is 8.80. The monoisotopic (exact) mass is 216 g/mol. The molecular weight excluding hydrogens is 200 g/mol. The van der Waals surface area contributed by atoms with Gasteiger partial charge in [-0.25, -0.2) is 0 Å². The fourth-order valence-electron chi connectivity index (χ4n) is 2.30. The molecule has 1 N–H and O–H groups in total. The van der Waals surface area contributed by atoms with Crippen molar-refractivity contribution in [2.45, 2.75) is 25.7 Å². The summed E-state index contributed by atoms with van der Waals surface area (Å²) in [5.41, 5.74) is 2.54. The van der Waals surface area contributed by atoms with Crippen LogP contribution < -0.4 is 0 Å². The molecule has 0 saturated heterocycles. The lowest BCUT2D eigenvalue weighted by atomic mass is 9.84. The van der Waals surface area contributed by atoms with E-state index in [1.54, 1.807) is 0 Å². The molecule has 1 aliphatic carbocycles. The SMILES string of the molecule is O=C(O)CC1CCC=C(c2ccccc2)C1. The molecule has 0 amide bonds. The van der Waals surface area contributed by atoms with Crippen LogP contribution in [0.4, 0.5) is 0 Å². The lowest BCUT2D eigenvalue weighted by molar-refractivity contribution is -0.138. The third-order valence-electron chi connectivity index (χ3n) is 3.08. The van der Waals surface area contributed by atoms with Crippen molar-refractivity contribution in [3.63, 3.8) is 0 Å². The Morgan fingerprint density at radius 2 is 2.06 bits per heavy atom. The van der Waals surface area contributed by atoms with Crippen LogP contribution in [0.15, 0.2) is 36.4 Å². The van der Waals surface area contributed by atoms with Crippen molar-refractivity contribution >= 4 is 11.5 Å². The Morgan fingerprint density at radius 1 is 1.31 bits per heavy atom. The zero-order chi connectivity index (χ0) is 11.4. The summed E-state index contributed by atoms with van der Waals surface area (Å²) in [6, 6.07) is 10.2. The second kappa shape index (κ2) is 4.97. The largest absolute Gasteiger partial charge is 0.481 e. The van der Waals surface area contributed by atoms with Gasteiger partial charge in [-0.3, -0.25) is 4.79 Å². The number of aliphatic carboxylic acids is 1. The van der Waals surface area contributed by atoms with Crippen molar-refractivity contribution < 1.29 is 9.90 Å². The van der Waals surface area contributed by atoms with Crippen LogP contribution in [0.1, 0.15) is 31.2 Å². The highest BCUT2D eigenvalue weighted by Gasteiger charge is 2.18. The van der Waals surface area contributed by atoms with Gasteiger partial charge in [-0.2, -0.15) is 0 Å². The molecule has 84 valence electrons. The summed E-state index contributed by atoms with van der Waals surface area (Å²) in [6.45, 7) is 0. The lowest BCUT2D eigenvalue weighted by Gasteiger charge is -2.21. The predicted octanol–water partition coefficient (Wildman–Crippen LogP) is 3.34. The van der Waals surface area contributed by atoms with E-state index in [4.69, 9.17) is 5.11 Å². The van der Waals surface area contributed by atoms with Gasteiger partial charge < -0.3 is 5.11 Å². The molecule has 0 heterocycles. The highest BCUT2D eigenvalue weighted by atomic mass is 16.4. The minimum atomic E-state index is -0.681. The molecule has 1 atom stereocenters. The third kappa shape index (κ3) is 2.72. The minimum Gasteiger partial charge on any atom is -0.481 e. The van der Waals surface area contributed by atoms with E-state index >= 15 is 0 Å². The number of carbonyl (C=O) groups is 1. The van der Waals surface area contributed by atoms with Crippen LogP contribution in [0.2, 0.25) is 0 Å². The Kier molecular flexibility index (Phi) is 3.40. The third-order valence-corrected chi connectivity index (χ3v) is 3.08. The van der Waals surface area contributed by atoms with E-state index in [9.17, 15) is 4.79 Å². The average Bonchev–Trinajstić information content (AvgIpc) is 2.30. The van der Waals surface area contributed by atoms with Crippen LogP contribution in [-0.4, -0.2) is 11.1 Å². The van der Waals surface area contributed by atoms with Gasteiger partial charge >= 0.3 is 5.97 Å². The van der Waals surface area contributed by atoms with Gasteiger partial charge in [-0.1, -0.05) is 36.4 Å². The molecule has 0 radical (unpaired) electrons. The van der Waals surface area contributed by atoms with Crippen molar-refractivity contribution in [1.29, 1.82) is 0 Å². The maximum absolute atomic E-state index is 10.7. The second-order valence-electron chi connectivity index (χ2n) is 4.34. The lowest BCUT2D eigenvalue weighted by Crippen LogP contribution is -2.11.